The molecule has 1 aromatic carbocycles. The number of hydrogen-bond acceptors (Lipinski definition) is 4. The van der Waals surface area contributed by atoms with Crippen LogP contribution in [0.5, 0.6) is 0 Å². The average molecular weight is 247 g/mol. The first-order valence-corrected chi connectivity index (χ1v) is 5.98. The summed E-state index contributed by atoms with van der Waals surface area (Å²) in [5.74, 6) is -0.594. The van der Waals surface area contributed by atoms with E-state index in [-0.39, 0.29) is 16.1 Å². The van der Waals surface area contributed by atoms with Gasteiger partial charge >= 0.3 is 0 Å². The van der Waals surface area contributed by atoms with Gasteiger partial charge in [-0.25, -0.2) is 17.8 Å². The predicted molar refractivity (Wildman–Crippen MR) is 59.6 cm³/mol. The molecule has 0 amide bonds. The topological polar surface area (TPSA) is 75.4 Å². The minimum atomic E-state index is -3.69. The molecule has 0 aliphatic rings. The predicted octanol–water partition coefficient (Wildman–Crippen LogP) is 0.471. The SMILES string of the molecule is Cc1cc(S(=O)(=O)NN(C)C)cc(N)c1F. The van der Waals surface area contributed by atoms with Crippen LogP contribution in [0.4, 0.5) is 10.1 Å². The lowest BCUT2D eigenvalue weighted by Crippen LogP contribution is -2.36. The zero-order valence-corrected chi connectivity index (χ0v) is 10.1. The van der Waals surface area contributed by atoms with E-state index in [0.717, 1.165) is 6.07 Å². The Morgan fingerprint density at radius 3 is 2.38 bits per heavy atom. The van der Waals surface area contributed by atoms with Gasteiger partial charge in [-0.15, -0.1) is 4.83 Å². The monoisotopic (exact) mass is 247 g/mol. The van der Waals surface area contributed by atoms with E-state index >= 15 is 0 Å². The Hall–Kier alpha value is -1.18. The van der Waals surface area contributed by atoms with Gasteiger partial charge in [-0.3, -0.25) is 0 Å². The van der Waals surface area contributed by atoms with Gasteiger partial charge in [0.15, 0.2) is 0 Å². The molecule has 90 valence electrons. The van der Waals surface area contributed by atoms with Crippen LogP contribution in [0.25, 0.3) is 0 Å². The number of nitrogens with one attached hydrogen (secondary N) is 1. The second kappa shape index (κ2) is 4.36. The van der Waals surface area contributed by atoms with Gasteiger partial charge in [-0.05, 0) is 24.6 Å². The standard InChI is InChI=1S/C9H14FN3O2S/c1-6-4-7(5-8(11)9(6)10)16(14,15)12-13(2)3/h4-5,12H,11H2,1-3H3. The highest BCUT2D eigenvalue weighted by molar-refractivity contribution is 7.89. The first kappa shape index (κ1) is 12.9. The Kier molecular flexibility index (Phi) is 3.51. The number of hydrazine groups is 1. The maximum atomic E-state index is 13.2. The van der Waals surface area contributed by atoms with Crippen LogP contribution in [0.1, 0.15) is 5.56 Å². The van der Waals surface area contributed by atoms with Crippen LogP contribution in [-0.2, 0) is 10.0 Å². The minimum Gasteiger partial charge on any atom is -0.396 e. The summed E-state index contributed by atoms with van der Waals surface area (Å²) in [5.41, 5.74) is 5.38. The van der Waals surface area contributed by atoms with E-state index in [2.05, 4.69) is 4.83 Å². The van der Waals surface area contributed by atoms with Gasteiger partial charge < -0.3 is 5.73 Å². The van der Waals surface area contributed by atoms with Gasteiger partial charge in [0.1, 0.15) is 5.82 Å². The number of nitrogens with zero attached hydrogens (tertiary/aromatic N) is 1. The summed E-state index contributed by atoms with van der Waals surface area (Å²) in [7, 11) is -0.614. The highest BCUT2D eigenvalue weighted by atomic mass is 32.2. The van der Waals surface area contributed by atoms with Crippen molar-refractivity contribution in [3.8, 4) is 0 Å². The average Bonchev–Trinajstić information content (AvgIpc) is 2.11. The number of anilines is 1. The van der Waals surface area contributed by atoms with Gasteiger partial charge in [0, 0.05) is 14.1 Å². The number of nitrogen functional groups attached to an aromatic ring is 1. The molecule has 0 atom stereocenters. The molecule has 7 heteroatoms. The van der Waals surface area contributed by atoms with Crippen molar-refractivity contribution < 1.29 is 12.8 Å². The summed E-state index contributed by atoms with van der Waals surface area (Å²) < 4.78 is 36.7. The number of aryl methyl sites for hydroxylation is 1. The highest BCUT2D eigenvalue weighted by Gasteiger charge is 2.17. The van der Waals surface area contributed by atoms with Crippen molar-refractivity contribution in [3.05, 3.63) is 23.5 Å². The first-order chi connectivity index (χ1) is 7.24. The maximum Gasteiger partial charge on any atom is 0.253 e. The number of halogens is 1. The molecular formula is C9H14FN3O2S. The summed E-state index contributed by atoms with van der Waals surface area (Å²) in [6.45, 7) is 1.46. The van der Waals surface area contributed by atoms with Crippen LogP contribution in [0.2, 0.25) is 0 Å². The number of benzene rings is 1. The summed E-state index contributed by atoms with van der Waals surface area (Å²) in [4.78, 5) is 2.18. The largest absolute Gasteiger partial charge is 0.396 e. The van der Waals surface area contributed by atoms with Crippen LogP contribution in [-0.4, -0.2) is 27.5 Å². The minimum absolute atomic E-state index is 0.0578. The van der Waals surface area contributed by atoms with Crippen molar-refractivity contribution in [1.29, 1.82) is 0 Å². The van der Waals surface area contributed by atoms with Crippen molar-refractivity contribution in [2.24, 2.45) is 0 Å². The Balaban J connectivity index is 3.25. The smallest absolute Gasteiger partial charge is 0.253 e. The van der Waals surface area contributed by atoms with E-state index in [1.54, 1.807) is 0 Å². The molecule has 0 saturated heterocycles. The molecule has 1 rings (SSSR count). The number of hydrogen-bond donors (Lipinski definition) is 2. The fraction of sp³-hybridized carbons (Fsp3) is 0.333. The lowest BCUT2D eigenvalue weighted by atomic mass is 10.2. The van der Waals surface area contributed by atoms with Gasteiger partial charge in [0.05, 0.1) is 10.6 Å². The summed E-state index contributed by atoms with van der Waals surface area (Å²) in [6, 6.07) is 2.33. The lowest BCUT2D eigenvalue weighted by Gasteiger charge is -2.13. The molecule has 0 aliphatic heterocycles. The van der Waals surface area contributed by atoms with Crippen molar-refractivity contribution in [3.63, 3.8) is 0 Å². The molecule has 1 aromatic rings. The van der Waals surface area contributed by atoms with Gasteiger partial charge in [0.2, 0.25) is 0 Å². The van der Waals surface area contributed by atoms with E-state index < -0.39 is 15.8 Å². The summed E-state index contributed by atoms with van der Waals surface area (Å²) >= 11 is 0. The van der Waals surface area contributed by atoms with Crippen LogP contribution in [0.3, 0.4) is 0 Å². The van der Waals surface area contributed by atoms with Crippen molar-refractivity contribution in [2.75, 3.05) is 19.8 Å². The second-order valence-electron chi connectivity index (χ2n) is 3.63. The van der Waals surface area contributed by atoms with Gasteiger partial charge in [-0.2, -0.15) is 0 Å². The maximum absolute atomic E-state index is 13.2. The quantitative estimate of drug-likeness (QED) is 0.601. The molecule has 0 saturated carbocycles. The fourth-order valence-electron chi connectivity index (χ4n) is 1.21. The third-order valence-electron chi connectivity index (χ3n) is 1.87. The molecule has 0 heterocycles. The van der Waals surface area contributed by atoms with Crippen molar-refractivity contribution >= 4 is 15.7 Å². The third-order valence-corrected chi connectivity index (χ3v) is 3.33. The molecule has 0 fully saturated rings. The normalized spacial score (nSPS) is 12.1. The summed E-state index contributed by atoms with van der Waals surface area (Å²) in [6.07, 6.45) is 0. The molecular weight excluding hydrogens is 233 g/mol. The van der Waals surface area contributed by atoms with Gasteiger partial charge in [0.25, 0.3) is 10.0 Å². The molecule has 16 heavy (non-hydrogen) atoms. The molecule has 3 N–H and O–H groups in total. The van der Waals surface area contributed by atoms with Crippen molar-refractivity contribution in [2.45, 2.75) is 11.8 Å². The Labute approximate surface area is 94.1 Å². The van der Waals surface area contributed by atoms with Crippen LogP contribution in [0.15, 0.2) is 17.0 Å². The summed E-state index contributed by atoms with van der Waals surface area (Å²) in [5, 5.41) is 1.28. The zero-order valence-electron chi connectivity index (χ0n) is 9.28. The molecule has 5 nitrogen and oxygen atoms in total. The van der Waals surface area contributed by atoms with Crippen LogP contribution >= 0.6 is 0 Å². The Morgan fingerprint density at radius 2 is 1.94 bits per heavy atom. The number of sulfonamides is 1. The molecule has 0 bridgehead atoms. The van der Waals surface area contributed by atoms with E-state index in [0.29, 0.717) is 0 Å². The number of rotatable bonds is 3. The van der Waals surface area contributed by atoms with E-state index in [4.69, 9.17) is 5.73 Å². The molecule has 0 spiro atoms. The van der Waals surface area contributed by atoms with Crippen molar-refractivity contribution in [1.82, 2.24) is 9.84 Å². The van der Waals surface area contributed by atoms with Gasteiger partial charge in [-0.1, -0.05) is 0 Å². The Morgan fingerprint density at radius 1 is 1.38 bits per heavy atom. The van der Waals surface area contributed by atoms with E-state index in [9.17, 15) is 12.8 Å². The lowest BCUT2D eigenvalue weighted by molar-refractivity contribution is 0.364. The highest BCUT2D eigenvalue weighted by Crippen LogP contribution is 2.20. The van der Waals surface area contributed by atoms with E-state index in [1.165, 1.54) is 32.1 Å². The second-order valence-corrected chi connectivity index (χ2v) is 5.29. The van der Waals surface area contributed by atoms with Crippen LogP contribution < -0.4 is 10.6 Å². The Bertz CT molecular complexity index is 476. The number of nitrogens with two attached hydrogens (primary N) is 1. The molecule has 0 aliphatic carbocycles. The van der Waals surface area contributed by atoms with Crippen LogP contribution in [0, 0.1) is 12.7 Å². The molecule has 0 radical (unpaired) electrons. The third kappa shape index (κ3) is 2.69. The molecule has 0 aromatic heterocycles. The van der Waals surface area contributed by atoms with E-state index in [1.807, 2.05) is 0 Å². The fourth-order valence-corrected chi connectivity index (χ4v) is 2.41. The first-order valence-electron chi connectivity index (χ1n) is 4.49. The zero-order chi connectivity index (χ0) is 12.5. The molecule has 0 unspecified atom stereocenters.